The molecule has 0 aliphatic heterocycles. The minimum Gasteiger partial charge on any atom is -0.330 e. The molecule has 4 heteroatoms. The largest absolute Gasteiger partial charge is 0.330 e. The first-order valence-electron chi connectivity index (χ1n) is 6.49. The van der Waals surface area contributed by atoms with Crippen LogP contribution in [-0.2, 0) is 6.54 Å². The Morgan fingerprint density at radius 2 is 2.11 bits per heavy atom. The minimum atomic E-state index is 0.148. The van der Waals surface area contributed by atoms with E-state index in [1.807, 2.05) is 18.3 Å². The summed E-state index contributed by atoms with van der Waals surface area (Å²) in [5, 5.41) is 0.545. The van der Waals surface area contributed by atoms with Crippen molar-refractivity contribution in [3.8, 4) is 0 Å². The lowest BCUT2D eigenvalue weighted by Gasteiger charge is -2.31. The third kappa shape index (κ3) is 5.34. The van der Waals surface area contributed by atoms with Crippen LogP contribution in [0.25, 0.3) is 0 Å². The fourth-order valence-corrected chi connectivity index (χ4v) is 2.07. The number of nitrogens with two attached hydrogens (primary N) is 1. The predicted octanol–water partition coefficient (Wildman–Crippen LogP) is 2.93. The smallest absolute Gasteiger partial charge is 0.129 e. The Morgan fingerprint density at radius 3 is 2.61 bits per heavy atom. The molecule has 2 N–H and O–H groups in total. The summed E-state index contributed by atoms with van der Waals surface area (Å²) < 4.78 is 0. The molecule has 0 spiro atoms. The molecule has 0 aromatic carbocycles. The Bertz CT molecular complexity index is 349. The van der Waals surface area contributed by atoms with Gasteiger partial charge in [-0.3, -0.25) is 4.90 Å². The highest BCUT2D eigenvalue weighted by Crippen LogP contribution is 2.17. The van der Waals surface area contributed by atoms with Gasteiger partial charge in [0.25, 0.3) is 0 Å². The lowest BCUT2D eigenvalue weighted by atomic mass is 9.93. The van der Waals surface area contributed by atoms with Crippen LogP contribution < -0.4 is 5.73 Å². The SMILES string of the molecule is CCCN(Cc1ccc(Cl)nc1)CC(C)(C)CN. The van der Waals surface area contributed by atoms with E-state index in [2.05, 4.69) is 30.7 Å². The molecule has 0 aliphatic carbocycles. The van der Waals surface area contributed by atoms with Crippen LogP contribution in [0.15, 0.2) is 18.3 Å². The van der Waals surface area contributed by atoms with Gasteiger partial charge in [-0.1, -0.05) is 38.4 Å². The normalized spacial score (nSPS) is 12.1. The molecular formula is C14H24ClN3. The van der Waals surface area contributed by atoms with E-state index < -0.39 is 0 Å². The first kappa shape index (κ1) is 15.4. The van der Waals surface area contributed by atoms with E-state index >= 15 is 0 Å². The van der Waals surface area contributed by atoms with Gasteiger partial charge in [0, 0.05) is 19.3 Å². The van der Waals surface area contributed by atoms with Gasteiger partial charge in [0.05, 0.1) is 0 Å². The van der Waals surface area contributed by atoms with Crippen molar-refractivity contribution in [3.63, 3.8) is 0 Å². The topological polar surface area (TPSA) is 42.2 Å². The van der Waals surface area contributed by atoms with E-state index in [0.717, 1.165) is 26.1 Å². The number of halogens is 1. The molecule has 0 atom stereocenters. The van der Waals surface area contributed by atoms with Gasteiger partial charge in [0.1, 0.15) is 5.15 Å². The van der Waals surface area contributed by atoms with E-state index in [1.54, 1.807) is 0 Å². The number of pyridine rings is 1. The van der Waals surface area contributed by atoms with Gasteiger partial charge in [-0.15, -0.1) is 0 Å². The molecule has 1 aromatic rings. The molecule has 1 rings (SSSR count). The maximum atomic E-state index is 5.81. The summed E-state index contributed by atoms with van der Waals surface area (Å²) in [7, 11) is 0. The van der Waals surface area contributed by atoms with Crippen LogP contribution in [0.3, 0.4) is 0 Å². The van der Waals surface area contributed by atoms with Gasteiger partial charge < -0.3 is 5.73 Å². The van der Waals surface area contributed by atoms with Crippen molar-refractivity contribution in [1.82, 2.24) is 9.88 Å². The highest BCUT2D eigenvalue weighted by molar-refractivity contribution is 6.29. The number of aromatic nitrogens is 1. The zero-order valence-corrected chi connectivity index (χ0v) is 12.4. The maximum absolute atomic E-state index is 5.81. The monoisotopic (exact) mass is 269 g/mol. The Morgan fingerprint density at radius 1 is 1.39 bits per heavy atom. The highest BCUT2D eigenvalue weighted by Gasteiger charge is 2.19. The van der Waals surface area contributed by atoms with E-state index in [0.29, 0.717) is 11.7 Å². The maximum Gasteiger partial charge on any atom is 0.129 e. The van der Waals surface area contributed by atoms with Gasteiger partial charge in [-0.05, 0) is 36.6 Å². The van der Waals surface area contributed by atoms with Crippen molar-refractivity contribution >= 4 is 11.6 Å². The molecule has 102 valence electrons. The second-order valence-corrected chi connectivity index (χ2v) is 5.96. The standard InChI is InChI=1S/C14H24ClN3/c1-4-7-18(11-14(2,3)10-16)9-12-5-6-13(15)17-8-12/h5-6,8H,4,7,9-11,16H2,1-3H3. The fraction of sp³-hybridized carbons (Fsp3) is 0.643. The molecule has 0 amide bonds. The molecule has 0 saturated carbocycles. The third-order valence-corrected chi connectivity index (χ3v) is 3.16. The minimum absolute atomic E-state index is 0.148. The van der Waals surface area contributed by atoms with Crippen molar-refractivity contribution in [3.05, 3.63) is 29.0 Å². The lowest BCUT2D eigenvalue weighted by molar-refractivity contribution is 0.176. The second-order valence-electron chi connectivity index (χ2n) is 5.57. The molecule has 0 radical (unpaired) electrons. The average molecular weight is 270 g/mol. The van der Waals surface area contributed by atoms with Crippen LogP contribution in [0.2, 0.25) is 5.15 Å². The average Bonchev–Trinajstić information content (AvgIpc) is 2.32. The highest BCUT2D eigenvalue weighted by atomic mass is 35.5. The van der Waals surface area contributed by atoms with Gasteiger partial charge in [-0.25, -0.2) is 4.98 Å². The molecule has 0 aliphatic rings. The lowest BCUT2D eigenvalue weighted by Crippen LogP contribution is -2.38. The molecule has 0 bridgehead atoms. The van der Waals surface area contributed by atoms with Crippen molar-refractivity contribution in [2.75, 3.05) is 19.6 Å². The Kier molecular flexibility index (Phi) is 6.06. The quantitative estimate of drug-likeness (QED) is 0.774. The molecule has 18 heavy (non-hydrogen) atoms. The van der Waals surface area contributed by atoms with E-state index in [-0.39, 0.29) is 5.41 Å². The van der Waals surface area contributed by atoms with Crippen molar-refractivity contribution < 1.29 is 0 Å². The summed E-state index contributed by atoms with van der Waals surface area (Å²) in [6.07, 6.45) is 2.99. The van der Waals surface area contributed by atoms with Crippen molar-refractivity contribution in [2.45, 2.75) is 33.7 Å². The Hall–Kier alpha value is -0.640. The zero-order chi connectivity index (χ0) is 13.6. The number of nitrogens with zero attached hydrogens (tertiary/aromatic N) is 2. The van der Waals surface area contributed by atoms with E-state index in [1.165, 1.54) is 5.56 Å². The summed E-state index contributed by atoms with van der Waals surface area (Å²) in [5.74, 6) is 0. The molecule has 0 unspecified atom stereocenters. The van der Waals surface area contributed by atoms with Gasteiger partial charge in [0.15, 0.2) is 0 Å². The van der Waals surface area contributed by atoms with Gasteiger partial charge >= 0.3 is 0 Å². The van der Waals surface area contributed by atoms with E-state index in [9.17, 15) is 0 Å². The summed E-state index contributed by atoms with van der Waals surface area (Å²) in [4.78, 5) is 6.55. The van der Waals surface area contributed by atoms with Crippen molar-refractivity contribution in [2.24, 2.45) is 11.1 Å². The Balaban J connectivity index is 2.65. The number of rotatable bonds is 7. The third-order valence-electron chi connectivity index (χ3n) is 2.94. The van der Waals surface area contributed by atoms with Gasteiger partial charge in [0.2, 0.25) is 0 Å². The zero-order valence-electron chi connectivity index (χ0n) is 11.6. The molecule has 1 heterocycles. The summed E-state index contributed by atoms with van der Waals surface area (Å²) >= 11 is 5.80. The summed E-state index contributed by atoms with van der Waals surface area (Å²) in [6, 6.07) is 3.88. The Labute approximate surface area is 115 Å². The number of hydrogen-bond acceptors (Lipinski definition) is 3. The van der Waals surface area contributed by atoms with Crippen LogP contribution in [0, 0.1) is 5.41 Å². The first-order valence-corrected chi connectivity index (χ1v) is 6.87. The van der Waals surface area contributed by atoms with Crippen LogP contribution in [0.4, 0.5) is 0 Å². The molecule has 1 aromatic heterocycles. The summed E-state index contributed by atoms with van der Waals surface area (Å²) in [6.45, 7) is 10.3. The second kappa shape index (κ2) is 7.07. The van der Waals surface area contributed by atoms with E-state index in [4.69, 9.17) is 17.3 Å². The predicted molar refractivity (Wildman–Crippen MR) is 77.7 cm³/mol. The summed E-state index contributed by atoms with van der Waals surface area (Å²) in [5.41, 5.74) is 7.15. The van der Waals surface area contributed by atoms with Crippen molar-refractivity contribution in [1.29, 1.82) is 0 Å². The van der Waals surface area contributed by atoms with Gasteiger partial charge in [-0.2, -0.15) is 0 Å². The van der Waals surface area contributed by atoms with Crippen LogP contribution in [0.5, 0.6) is 0 Å². The molecule has 0 fully saturated rings. The molecular weight excluding hydrogens is 246 g/mol. The van der Waals surface area contributed by atoms with Crippen LogP contribution in [-0.4, -0.2) is 29.5 Å². The number of hydrogen-bond donors (Lipinski definition) is 1. The van der Waals surface area contributed by atoms with Crippen LogP contribution >= 0.6 is 11.6 Å². The molecule has 3 nitrogen and oxygen atoms in total. The molecule has 0 saturated heterocycles. The fourth-order valence-electron chi connectivity index (χ4n) is 1.96. The van der Waals surface area contributed by atoms with Crippen LogP contribution in [0.1, 0.15) is 32.8 Å². The first-order chi connectivity index (χ1) is 8.46.